The summed E-state index contributed by atoms with van der Waals surface area (Å²) in [5, 5.41) is 9.20. The number of hydrogen-bond donors (Lipinski definition) is 2. The predicted molar refractivity (Wildman–Crippen MR) is 101 cm³/mol. The van der Waals surface area contributed by atoms with E-state index in [4.69, 9.17) is 5.73 Å². The second kappa shape index (κ2) is 9.61. The SMILES string of the molecule is CC(C)CC(CCO)CN=C(N)N1CCN(c2ccc(F)cc2)CC1. The van der Waals surface area contributed by atoms with Crippen LogP contribution in [0.4, 0.5) is 10.1 Å². The molecule has 1 atom stereocenters. The van der Waals surface area contributed by atoms with E-state index < -0.39 is 0 Å². The van der Waals surface area contributed by atoms with Gasteiger partial charge in [-0.3, -0.25) is 4.99 Å². The van der Waals surface area contributed by atoms with Gasteiger partial charge in [0.05, 0.1) is 0 Å². The second-order valence-electron chi connectivity index (χ2n) is 7.16. The average Bonchev–Trinajstić information content (AvgIpc) is 2.60. The molecule has 1 fully saturated rings. The second-order valence-corrected chi connectivity index (χ2v) is 7.16. The van der Waals surface area contributed by atoms with Crippen molar-refractivity contribution in [1.82, 2.24) is 4.90 Å². The molecule has 1 unspecified atom stereocenters. The summed E-state index contributed by atoms with van der Waals surface area (Å²) in [7, 11) is 0. The molecule has 1 aromatic rings. The van der Waals surface area contributed by atoms with Crippen molar-refractivity contribution in [1.29, 1.82) is 0 Å². The number of nitrogens with two attached hydrogens (primary N) is 1. The number of guanidine groups is 1. The lowest BCUT2D eigenvalue weighted by Gasteiger charge is -2.36. The van der Waals surface area contributed by atoms with Crippen LogP contribution in [0, 0.1) is 17.7 Å². The number of hydrogen-bond acceptors (Lipinski definition) is 3. The maximum absolute atomic E-state index is 13.0. The Morgan fingerprint density at radius 2 is 1.84 bits per heavy atom. The fourth-order valence-electron chi connectivity index (χ4n) is 3.30. The molecule has 1 saturated heterocycles. The van der Waals surface area contributed by atoms with Gasteiger partial charge in [0.25, 0.3) is 0 Å². The van der Waals surface area contributed by atoms with Crippen LogP contribution >= 0.6 is 0 Å². The van der Waals surface area contributed by atoms with Crippen LogP contribution in [0.2, 0.25) is 0 Å². The normalized spacial score (nSPS) is 17.2. The summed E-state index contributed by atoms with van der Waals surface area (Å²) in [6.07, 6.45) is 1.82. The summed E-state index contributed by atoms with van der Waals surface area (Å²) >= 11 is 0. The average molecular weight is 350 g/mol. The van der Waals surface area contributed by atoms with Crippen molar-refractivity contribution in [3.8, 4) is 0 Å². The molecule has 0 saturated carbocycles. The molecule has 1 aliphatic rings. The minimum absolute atomic E-state index is 0.198. The van der Waals surface area contributed by atoms with Crippen LogP contribution in [-0.4, -0.2) is 55.3 Å². The van der Waals surface area contributed by atoms with E-state index in [0.717, 1.165) is 44.7 Å². The molecule has 1 aliphatic heterocycles. The highest BCUT2D eigenvalue weighted by Crippen LogP contribution is 2.18. The van der Waals surface area contributed by atoms with E-state index >= 15 is 0 Å². The van der Waals surface area contributed by atoms with Crippen LogP contribution in [0.25, 0.3) is 0 Å². The van der Waals surface area contributed by atoms with Gasteiger partial charge in [0, 0.05) is 45.0 Å². The van der Waals surface area contributed by atoms with Crippen LogP contribution in [0.1, 0.15) is 26.7 Å². The van der Waals surface area contributed by atoms with Gasteiger partial charge in [0.1, 0.15) is 5.82 Å². The van der Waals surface area contributed by atoms with Crippen LogP contribution in [0.5, 0.6) is 0 Å². The fraction of sp³-hybridized carbons (Fsp3) is 0.632. The van der Waals surface area contributed by atoms with E-state index in [1.54, 1.807) is 0 Å². The lowest BCUT2D eigenvalue weighted by atomic mass is 9.94. The van der Waals surface area contributed by atoms with E-state index in [-0.39, 0.29) is 12.4 Å². The molecule has 0 amide bonds. The number of piperazine rings is 1. The zero-order chi connectivity index (χ0) is 18.2. The van der Waals surface area contributed by atoms with E-state index in [1.807, 2.05) is 12.1 Å². The molecular weight excluding hydrogens is 319 g/mol. The van der Waals surface area contributed by atoms with Crippen molar-refractivity contribution < 1.29 is 9.50 Å². The highest BCUT2D eigenvalue weighted by Gasteiger charge is 2.19. The van der Waals surface area contributed by atoms with Gasteiger partial charge < -0.3 is 20.6 Å². The first kappa shape index (κ1) is 19.5. The van der Waals surface area contributed by atoms with Crippen LogP contribution in [0.15, 0.2) is 29.3 Å². The molecule has 2 rings (SSSR count). The van der Waals surface area contributed by atoms with Crippen molar-refractivity contribution in [3.05, 3.63) is 30.1 Å². The molecule has 140 valence electrons. The number of aliphatic hydroxyl groups is 1. The Bertz CT molecular complexity index is 539. The monoisotopic (exact) mass is 350 g/mol. The summed E-state index contributed by atoms with van der Waals surface area (Å²) in [6, 6.07) is 6.61. The van der Waals surface area contributed by atoms with Gasteiger partial charge in [-0.05, 0) is 48.9 Å². The summed E-state index contributed by atoms with van der Waals surface area (Å²) in [4.78, 5) is 8.91. The van der Waals surface area contributed by atoms with Gasteiger partial charge in [0.15, 0.2) is 5.96 Å². The molecule has 0 spiro atoms. The van der Waals surface area contributed by atoms with Gasteiger partial charge in [-0.15, -0.1) is 0 Å². The van der Waals surface area contributed by atoms with Gasteiger partial charge in [-0.2, -0.15) is 0 Å². The van der Waals surface area contributed by atoms with Gasteiger partial charge in [-0.1, -0.05) is 13.8 Å². The maximum atomic E-state index is 13.0. The molecule has 1 heterocycles. The molecule has 6 heteroatoms. The van der Waals surface area contributed by atoms with E-state index in [1.165, 1.54) is 12.1 Å². The Morgan fingerprint density at radius 1 is 1.20 bits per heavy atom. The molecule has 0 aromatic heterocycles. The first-order chi connectivity index (χ1) is 12.0. The highest BCUT2D eigenvalue weighted by atomic mass is 19.1. The number of nitrogens with zero attached hydrogens (tertiary/aromatic N) is 3. The predicted octanol–water partition coefficient (Wildman–Crippen LogP) is 2.31. The summed E-state index contributed by atoms with van der Waals surface area (Å²) < 4.78 is 13.0. The summed E-state index contributed by atoms with van der Waals surface area (Å²) in [6.45, 7) is 8.54. The molecule has 0 aliphatic carbocycles. The minimum atomic E-state index is -0.211. The number of aliphatic imine (C=N–C) groups is 1. The first-order valence-corrected chi connectivity index (χ1v) is 9.15. The van der Waals surface area contributed by atoms with Crippen LogP contribution in [0.3, 0.4) is 0 Å². The molecule has 0 bridgehead atoms. The number of aliphatic hydroxyl groups excluding tert-OH is 1. The molecule has 3 N–H and O–H groups in total. The third kappa shape index (κ3) is 6.20. The number of halogens is 1. The van der Waals surface area contributed by atoms with E-state index in [0.29, 0.717) is 24.3 Å². The van der Waals surface area contributed by atoms with Gasteiger partial charge in [0.2, 0.25) is 0 Å². The minimum Gasteiger partial charge on any atom is -0.396 e. The Labute approximate surface area is 150 Å². The standard InChI is InChI=1S/C19H31FN4O/c1-15(2)13-16(7-12-25)14-22-19(21)24-10-8-23(9-11-24)18-5-3-17(20)4-6-18/h3-6,15-16,25H,7-14H2,1-2H3,(H2,21,22). The van der Waals surface area contributed by atoms with Crippen molar-refractivity contribution >= 4 is 11.6 Å². The highest BCUT2D eigenvalue weighted by molar-refractivity contribution is 5.78. The van der Waals surface area contributed by atoms with Crippen molar-refractivity contribution in [2.45, 2.75) is 26.7 Å². The molecule has 1 aromatic carbocycles. The molecular formula is C19H31FN4O. The zero-order valence-electron chi connectivity index (χ0n) is 15.4. The van der Waals surface area contributed by atoms with Crippen LogP contribution in [-0.2, 0) is 0 Å². The van der Waals surface area contributed by atoms with Crippen molar-refractivity contribution in [3.63, 3.8) is 0 Å². The Morgan fingerprint density at radius 3 is 2.40 bits per heavy atom. The molecule has 25 heavy (non-hydrogen) atoms. The third-order valence-corrected chi connectivity index (χ3v) is 4.65. The fourth-order valence-corrected chi connectivity index (χ4v) is 3.30. The summed E-state index contributed by atoms with van der Waals surface area (Å²) in [5.74, 6) is 1.35. The largest absolute Gasteiger partial charge is 0.396 e. The smallest absolute Gasteiger partial charge is 0.191 e. The third-order valence-electron chi connectivity index (χ3n) is 4.65. The number of anilines is 1. The number of benzene rings is 1. The Hall–Kier alpha value is -1.82. The Kier molecular flexibility index (Phi) is 7.50. The topological polar surface area (TPSA) is 65.1 Å². The van der Waals surface area contributed by atoms with E-state index in [2.05, 4.69) is 28.6 Å². The van der Waals surface area contributed by atoms with Gasteiger partial charge in [-0.25, -0.2) is 4.39 Å². The van der Waals surface area contributed by atoms with Crippen molar-refractivity contribution in [2.75, 3.05) is 44.2 Å². The molecule has 5 nitrogen and oxygen atoms in total. The maximum Gasteiger partial charge on any atom is 0.191 e. The quantitative estimate of drug-likeness (QED) is 0.585. The van der Waals surface area contributed by atoms with Gasteiger partial charge >= 0.3 is 0 Å². The zero-order valence-corrected chi connectivity index (χ0v) is 15.4. The van der Waals surface area contributed by atoms with Crippen molar-refractivity contribution in [2.24, 2.45) is 22.6 Å². The van der Waals surface area contributed by atoms with E-state index in [9.17, 15) is 9.50 Å². The molecule has 0 radical (unpaired) electrons. The lowest BCUT2D eigenvalue weighted by Crippen LogP contribution is -2.51. The summed E-state index contributed by atoms with van der Waals surface area (Å²) in [5.41, 5.74) is 7.21. The number of rotatable bonds is 7. The first-order valence-electron chi connectivity index (χ1n) is 9.15. The lowest BCUT2D eigenvalue weighted by molar-refractivity contribution is 0.245. The Balaban J connectivity index is 1.85. The van der Waals surface area contributed by atoms with Crippen LogP contribution < -0.4 is 10.6 Å².